The van der Waals surface area contributed by atoms with Crippen LogP contribution in [0.15, 0.2) is 91.0 Å². The summed E-state index contributed by atoms with van der Waals surface area (Å²) in [6, 6.07) is 27.1. The molecule has 168 valence electrons. The van der Waals surface area contributed by atoms with Crippen LogP contribution in [-0.4, -0.2) is 34.9 Å². The molecule has 0 saturated carbocycles. The predicted octanol–water partition coefficient (Wildman–Crippen LogP) is 4.32. The molecule has 3 aromatic rings. The zero-order valence-electron chi connectivity index (χ0n) is 18.3. The van der Waals surface area contributed by atoms with E-state index in [1.807, 2.05) is 54.6 Å². The monoisotopic (exact) mass is 443 g/mol. The lowest BCUT2D eigenvalue weighted by atomic mass is 9.85. The molecule has 1 aliphatic rings. The normalized spacial score (nSPS) is 19.7. The Morgan fingerprint density at radius 3 is 2.09 bits per heavy atom. The summed E-state index contributed by atoms with van der Waals surface area (Å²) in [6.07, 6.45) is -1.16. The Kier molecular flexibility index (Phi) is 6.54. The van der Waals surface area contributed by atoms with Crippen LogP contribution in [-0.2, 0) is 25.5 Å². The Labute approximate surface area is 192 Å². The molecular formula is C27H25NO5. The topological polar surface area (TPSA) is 72.9 Å². The van der Waals surface area contributed by atoms with Gasteiger partial charge in [0, 0.05) is 17.5 Å². The lowest BCUT2D eigenvalue weighted by Crippen LogP contribution is -2.55. The molecule has 1 aliphatic heterocycles. The highest BCUT2D eigenvalue weighted by molar-refractivity contribution is 6.01. The van der Waals surface area contributed by atoms with E-state index in [0.717, 1.165) is 5.56 Å². The summed E-state index contributed by atoms with van der Waals surface area (Å²) in [6.45, 7) is 1.87. The molecule has 1 saturated heterocycles. The van der Waals surface area contributed by atoms with Crippen LogP contribution < -0.4 is 0 Å². The fourth-order valence-electron chi connectivity index (χ4n) is 4.20. The van der Waals surface area contributed by atoms with Crippen molar-refractivity contribution < 1.29 is 23.9 Å². The zero-order valence-corrected chi connectivity index (χ0v) is 18.3. The lowest BCUT2D eigenvalue weighted by Gasteiger charge is -2.36. The van der Waals surface area contributed by atoms with Gasteiger partial charge in [-0.1, -0.05) is 78.9 Å². The number of carbonyl (C=O) groups is 3. The van der Waals surface area contributed by atoms with E-state index >= 15 is 0 Å². The fourth-order valence-corrected chi connectivity index (χ4v) is 4.20. The van der Waals surface area contributed by atoms with E-state index < -0.39 is 29.6 Å². The number of esters is 2. The van der Waals surface area contributed by atoms with Crippen molar-refractivity contribution in [2.24, 2.45) is 0 Å². The molecule has 0 spiro atoms. The van der Waals surface area contributed by atoms with Crippen molar-refractivity contribution in [3.05, 3.63) is 108 Å². The summed E-state index contributed by atoms with van der Waals surface area (Å²) in [5.74, 6) is -1.59. The molecule has 1 fully saturated rings. The van der Waals surface area contributed by atoms with Crippen LogP contribution in [0.4, 0.5) is 0 Å². The Morgan fingerprint density at radius 2 is 1.48 bits per heavy atom. The summed E-state index contributed by atoms with van der Waals surface area (Å²) in [5.41, 5.74) is 0.298. The number of hydrogen-bond donors (Lipinski definition) is 0. The largest absolute Gasteiger partial charge is 0.466 e. The maximum absolute atomic E-state index is 13.9. The maximum atomic E-state index is 13.9. The van der Waals surface area contributed by atoms with Crippen molar-refractivity contribution in [2.75, 3.05) is 6.61 Å². The van der Waals surface area contributed by atoms with Crippen molar-refractivity contribution in [1.29, 1.82) is 0 Å². The van der Waals surface area contributed by atoms with Crippen molar-refractivity contribution in [2.45, 2.75) is 31.5 Å². The first-order valence-electron chi connectivity index (χ1n) is 10.9. The fraction of sp³-hybridized carbons (Fsp3) is 0.222. The third-order valence-electron chi connectivity index (χ3n) is 5.70. The average molecular weight is 443 g/mol. The molecular weight excluding hydrogens is 418 g/mol. The number of amides is 1. The van der Waals surface area contributed by atoms with Gasteiger partial charge in [0.15, 0.2) is 5.54 Å². The first-order valence-corrected chi connectivity index (χ1v) is 10.9. The highest BCUT2D eigenvalue weighted by atomic mass is 16.6. The number of carbonyl (C=O) groups excluding carboxylic acids is 3. The van der Waals surface area contributed by atoms with Gasteiger partial charge in [-0.2, -0.15) is 0 Å². The maximum Gasteiger partial charge on any atom is 0.335 e. The van der Waals surface area contributed by atoms with Crippen LogP contribution in [0, 0.1) is 0 Å². The first kappa shape index (κ1) is 22.3. The molecule has 4 rings (SSSR count). The van der Waals surface area contributed by atoms with Gasteiger partial charge in [0.1, 0.15) is 0 Å². The SMILES string of the molecule is CCOC(=O)C[C@@]1(Cc2ccccc2)C(=O)O[C@@H](c2ccccc2)N1C(=O)c1ccccc1. The molecule has 0 unspecified atom stereocenters. The van der Waals surface area contributed by atoms with E-state index in [9.17, 15) is 14.4 Å². The molecule has 1 amide bonds. The van der Waals surface area contributed by atoms with E-state index in [0.29, 0.717) is 11.1 Å². The first-order chi connectivity index (χ1) is 16.0. The third kappa shape index (κ3) is 4.51. The van der Waals surface area contributed by atoms with E-state index in [2.05, 4.69) is 0 Å². The molecule has 33 heavy (non-hydrogen) atoms. The van der Waals surface area contributed by atoms with Gasteiger partial charge in [-0.3, -0.25) is 14.5 Å². The molecule has 3 aromatic carbocycles. The lowest BCUT2D eigenvalue weighted by molar-refractivity contribution is -0.152. The second kappa shape index (κ2) is 9.69. The van der Waals surface area contributed by atoms with E-state index in [1.165, 1.54) is 4.90 Å². The number of cyclic esters (lactones) is 1. The van der Waals surface area contributed by atoms with Crippen LogP contribution in [0.3, 0.4) is 0 Å². The minimum atomic E-state index is -1.55. The highest BCUT2D eigenvalue weighted by Gasteiger charge is 2.59. The molecule has 0 radical (unpaired) electrons. The van der Waals surface area contributed by atoms with Gasteiger partial charge in [0.05, 0.1) is 13.0 Å². The van der Waals surface area contributed by atoms with Gasteiger partial charge in [-0.05, 0) is 24.6 Å². The van der Waals surface area contributed by atoms with Gasteiger partial charge >= 0.3 is 11.9 Å². The summed E-state index contributed by atoms with van der Waals surface area (Å²) in [4.78, 5) is 41.5. The molecule has 1 heterocycles. The third-order valence-corrected chi connectivity index (χ3v) is 5.70. The summed E-state index contributed by atoms with van der Waals surface area (Å²) in [7, 11) is 0. The second-order valence-corrected chi connectivity index (χ2v) is 7.89. The Bertz CT molecular complexity index is 1120. The van der Waals surface area contributed by atoms with Gasteiger partial charge in [0.25, 0.3) is 5.91 Å². The molecule has 6 heteroatoms. The molecule has 2 atom stereocenters. The van der Waals surface area contributed by atoms with Gasteiger partial charge in [0.2, 0.25) is 6.23 Å². The van der Waals surface area contributed by atoms with Gasteiger partial charge in [-0.25, -0.2) is 4.79 Å². The van der Waals surface area contributed by atoms with E-state index in [1.54, 1.807) is 43.3 Å². The van der Waals surface area contributed by atoms with Crippen molar-refractivity contribution in [1.82, 2.24) is 4.90 Å². The minimum Gasteiger partial charge on any atom is -0.466 e. The smallest absolute Gasteiger partial charge is 0.335 e. The van der Waals surface area contributed by atoms with Crippen LogP contribution in [0.5, 0.6) is 0 Å². The quantitative estimate of drug-likeness (QED) is 0.509. The van der Waals surface area contributed by atoms with E-state index in [-0.39, 0.29) is 19.4 Å². The van der Waals surface area contributed by atoms with Crippen molar-refractivity contribution in [3.63, 3.8) is 0 Å². The van der Waals surface area contributed by atoms with Crippen LogP contribution in [0.2, 0.25) is 0 Å². The number of hydrogen-bond acceptors (Lipinski definition) is 5. The average Bonchev–Trinajstić information content (AvgIpc) is 3.12. The summed E-state index contributed by atoms with van der Waals surface area (Å²) < 4.78 is 11.0. The Balaban J connectivity index is 1.87. The number of ether oxygens (including phenoxy) is 2. The number of benzene rings is 3. The van der Waals surface area contributed by atoms with Crippen molar-refractivity contribution in [3.8, 4) is 0 Å². The standard InChI is InChI=1S/C27H25NO5/c1-2-32-23(29)19-27(18-20-12-6-3-7-13-20)26(31)33-25(22-16-10-5-11-17-22)28(27)24(30)21-14-8-4-9-15-21/h3-17,25H,2,18-19H2,1H3/t25-,27-/m0/s1. The molecule has 0 aromatic heterocycles. The zero-order chi connectivity index (χ0) is 23.3. The summed E-state index contributed by atoms with van der Waals surface area (Å²) in [5, 5.41) is 0. The van der Waals surface area contributed by atoms with Crippen LogP contribution in [0.1, 0.15) is 41.1 Å². The molecule has 0 aliphatic carbocycles. The number of rotatable bonds is 7. The molecule has 0 bridgehead atoms. The van der Waals surface area contributed by atoms with Crippen molar-refractivity contribution >= 4 is 17.8 Å². The second-order valence-electron chi connectivity index (χ2n) is 7.89. The van der Waals surface area contributed by atoms with Gasteiger partial charge < -0.3 is 9.47 Å². The number of nitrogens with zero attached hydrogens (tertiary/aromatic N) is 1. The molecule has 0 N–H and O–H groups in total. The predicted molar refractivity (Wildman–Crippen MR) is 122 cm³/mol. The highest BCUT2D eigenvalue weighted by Crippen LogP contribution is 2.43. The Hall–Kier alpha value is -3.93. The minimum absolute atomic E-state index is 0.118. The molecule has 6 nitrogen and oxygen atoms in total. The van der Waals surface area contributed by atoms with Crippen LogP contribution >= 0.6 is 0 Å². The summed E-state index contributed by atoms with van der Waals surface area (Å²) >= 11 is 0. The van der Waals surface area contributed by atoms with Gasteiger partial charge in [-0.15, -0.1) is 0 Å². The Morgan fingerprint density at radius 1 is 0.909 bits per heavy atom. The van der Waals surface area contributed by atoms with Crippen LogP contribution in [0.25, 0.3) is 0 Å². The van der Waals surface area contributed by atoms with E-state index in [4.69, 9.17) is 9.47 Å².